The highest BCUT2D eigenvalue weighted by Crippen LogP contribution is 2.38. The van der Waals surface area contributed by atoms with Gasteiger partial charge in [-0.1, -0.05) is 13.8 Å². The van der Waals surface area contributed by atoms with Gasteiger partial charge in [0.05, 0.1) is 0 Å². The van der Waals surface area contributed by atoms with E-state index in [-0.39, 0.29) is 13.1 Å². The van der Waals surface area contributed by atoms with Gasteiger partial charge in [-0.15, -0.1) is 0 Å². The number of rotatable bonds is 2. The molecule has 0 aliphatic rings. The van der Waals surface area contributed by atoms with Gasteiger partial charge < -0.3 is 4.89 Å². The Bertz CT molecular complexity index is 104. The van der Waals surface area contributed by atoms with Crippen LogP contribution in [-0.2, 0) is 4.57 Å². The lowest BCUT2D eigenvalue weighted by Gasteiger charge is -2.01. The van der Waals surface area contributed by atoms with Crippen LogP contribution in [0, 0.1) is 0 Å². The van der Waals surface area contributed by atoms with Crippen LogP contribution in [0.5, 0.6) is 0 Å². The lowest BCUT2D eigenvalue weighted by molar-refractivity contribution is 0.481. The predicted octanol–water partition coefficient (Wildman–Crippen LogP) is 1.30. The maximum absolute atomic E-state index is 10.6. The third-order valence-electron chi connectivity index (χ3n) is 0.844. The second-order valence-electron chi connectivity index (χ2n) is 1.39. The van der Waals surface area contributed by atoms with Gasteiger partial charge in [0.15, 0.2) is 7.37 Å². The maximum Gasteiger partial charge on any atom is 0.200 e. The molecular formula is C4H11O2P. The Hall–Kier alpha value is 0.190. The van der Waals surface area contributed by atoms with Gasteiger partial charge in [0.2, 0.25) is 0 Å². The molecule has 7 heavy (non-hydrogen) atoms. The zero-order chi connectivity index (χ0) is 6.62. The zero-order valence-corrected chi connectivity index (χ0v) is 5.32. The van der Waals surface area contributed by atoms with E-state index < -0.39 is 7.37 Å². The van der Waals surface area contributed by atoms with Crippen molar-refractivity contribution in [2.24, 2.45) is 0 Å². The van der Waals surface area contributed by atoms with Crippen LogP contribution in [-0.4, -0.2) is 17.2 Å². The quantitative estimate of drug-likeness (QED) is 0.562. The van der Waals surface area contributed by atoms with Crippen molar-refractivity contribution < 1.29 is 10.8 Å². The topological polar surface area (TPSA) is 37.3 Å². The van der Waals surface area contributed by atoms with Gasteiger partial charge >= 0.3 is 0 Å². The second kappa shape index (κ2) is 2.49. The van der Waals surface area contributed by atoms with Crippen LogP contribution >= 0.6 is 7.37 Å². The Morgan fingerprint density at radius 2 is 2.43 bits per heavy atom. The summed E-state index contributed by atoms with van der Waals surface area (Å²) < 4.78 is 17.2. The summed E-state index contributed by atoms with van der Waals surface area (Å²) in [6.07, 6.45) is 0.440. The minimum Gasteiger partial charge on any atom is -0.344 e. The summed E-state index contributed by atoms with van der Waals surface area (Å²) >= 11 is 0. The Kier molecular flexibility index (Phi) is 1.89. The minimum atomic E-state index is -2.86. The fourth-order valence-corrected chi connectivity index (χ4v) is 0.474. The molecule has 0 spiro atoms. The summed E-state index contributed by atoms with van der Waals surface area (Å²) in [5, 5.41) is 0. The summed E-state index contributed by atoms with van der Waals surface area (Å²) in [6.45, 7) is 1.72. The van der Waals surface area contributed by atoms with Crippen LogP contribution in [0.25, 0.3) is 0 Å². The van der Waals surface area contributed by atoms with Gasteiger partial charge in [-0.05, 0) is 0 Å². The lowest BCUT2D eigenvalue weighted by Crippen LogP contribution is -1.84. The zero-order valence-electron chi connectivity index (χ0n) is 5.42. The molecule has 0 aromatic rings. The van der Waals surface area contributed by atoms with Crippen molar-refractivity contribution in [2.45, 2.75) is 13.8 Å². The van der Waals surface area contributed by atoms with Crippen molar-refractivity contribution in [1.82, 2.24) is 0 Å². The first-order valence-electron chi connectivity index (χ1n) is 2.93. The molecule has 3 heteroatoms. The van der Waals surface area contributed by atoms with Gasteiger partial charge in [0.1, 0.15) is 0 Å². The Balaban J connectivity index is 3.55. The third-order valence-corrected chi connectivity index (χ3v) is 2.53. The highest BCUT2D eigenvalue weighted by atomic mass is 31.2. The predicted molar refractivity (Wildman–Crippen MR) is 30.9 cm³/mol. The largest absolute Gasteiger partial charge is 0.344 e. The van der Waals surface area contributed by atoms with Crippen molar-refractivity contribution in [3.05, 3.63) is 0 Å². The molecule has 0 saturated carbocycles. The molecule has 0 saturated heterocycles. The van der Waals surface area contributed by atoms with E-state index in [9.17, 15) is 4.57 Å². The summed E-state index contributed by atoms with van der Waals surface area (Å²) in [5.41, 5.74) is 0. The average molecular weight is 123 g/mol. The van der Waals surface area contributed by atoms with E-state index >= 15 is 0 Å². The molecular weight excluding hydrogens is 111 g/mol. The fourth-order valence-electron chi connectivity index (χ4n) is 0.158. The van der Waals surface area contributed by atoms with E-state index in [1.807, 2.05) is 0 Å². The normalized spacial score (nSPS) is 20.6. The molecule has 0 aliphatic heterocycles. The molecule has 0 rings (SSSR count). The molecule has 0 radical (unpaired) electrons. The fraction of sp³-hybridized carbons (Fsp3) is 1.00. The van der Waals surface area contributed by atoms with Crippen molar-refractivity contribution in [2.75, 3.05) is 12.3 Å². The summed E-state index contributed by atoms with van der Waals surface area (Å²) in [4.78, 5) is 8.76. The molecule has 0 aromatic carbocycles. The molecule has 1 N–H and O–H groups in total. The molecule has 0 aromatic heterocycles. The van der Waals surface area contributed by atoms with Crippen LogP contribution in [0.4, 0.5) is 0 Å². The van der Waals surface area contributed by atoms with Gasteiger partial charge in [-0.3, -0.25) is 4.57 Å². The smallest absolute Gasteiger partial charge is 0.200 e. The van der Waals surface area contributed by atoms with E-state index in [1.54, 1.807) is 6.92 Å². The second-order valence-corrected chi connectivity index (χ2v) is 4.16. The van der Waals surface area contributed by atoms with Crippen LogP contribution in [0.15, 0.2) is 0 Å². The van der Waals surface area contributed by atoms with Crippen LogP contribution in [0.2, 0.25) is 0 Å². The molecule has 1 atom stereocenters. The van der Waals surface area contributed by atoms with Gasteiger partial charge in [-0.2, -0.15) is 0 Å². The standard InChI is InChI=1S/C4H11O2P/c1-3-7(5,6)4-2/h3-4H2,1-2H3,(H,5,6)/i1D. The first-order valence-corrected chi connectivity index (χ1v) is 4.25. The average Bonchev–Trinajstić information content (AvgIpc) is 1.67. The van der Waals surface area contributed by atoms with Crippen LogP contribution in [0.1, 0.15) is 15.2 Å². The van der Waals surface area contributed by atoms with Crippen molar-refractivity contribution in [3.63, 3.8) is 0 Å². The van der Waals surface area contributed by atoms with Gasteiger partial charge in [-0.25, -0.2) is 0 Å². The molecule has 1 unspecified atom stereocenters. The van der Waals surface area contributed by atoms with Crippen molar-refractivity contribution in [1.29, 1.82) is 0 Å². The third kappa shape index (κ3) is 2.84. The minimum absolute atomic E-state index is 0.0572. The Morgan fingerprint density at radius 1 is 1.86 bits per heavy atom. The number of hydrogen-bond acceptors (Lipinski definition) is 1. The van der Waals surface area contributed by atoms with Crippen LogP contribution < -0.4 is 0 Å². The van der Waals surface area contributed by atoms with Crippen molar-refractivity contribution >= 4 is 7.37 Å². The molecule has 44 valence electrons. The Morgan fingerprint density at radius 3 is 2.57 bits per heavy atom. The number of hydrogen-bond donors (Lipinski definition) is 1. The maximum atomic E-state index is 10.6. The SMILES string of the molecule is [2H]CCP(=O)(O)CC. The molecule has 0 heterocycles. The first kappa shape index (κ1) is 5.33. The molecule has 2 nitrogen and oxygen atoms in total. The Labute approximate surface area is 45.4 Å². The molecule has 0 fully saturated rings. The first-order chi connectivity index (χ1) is 3.62. The summed E-state index contributed by atoms with van der Waals surface area (Å²) in [6, 6.07) is 0. The van der Waals surface area contributed by atoms with E-state index in [4.69, 9.17) is 6.26 Å². The van der Waals surface area contributed by atoms with Crippen molar-refractivity contribution in [3.8, 4) is 0 Å². The highest BCUT2D eigenvalue weighted by molar-refractivity contribution is 7.57. The summed E-state index contributed by atoms with van der Waals surface area (Å²) in [5.74, 6) is 0. The van der Waals surface area contributed by atoms with E-state index in [2.05, 4.69) is 0 Å². The van der Waals surface area contributed by atoms with Gasteiger partial charge in [0, 0.05) is 13.7 Å². The van der Waals surface area contributed by atoms with Gasteiger partial charge in [0.25, 0.3) is 0 Å². The monoisotopic (exact) mass is 123 g/mol. The lowest BCUT2D eigenvalue weighted by atomic mass is 11.0. The van der Waals surface area contributed by atoms with E-state index in [1.165, 1.54) is 0 Å². The molecule has 0 aliphatic carbocycles. The molecule has 0 bridgehead atoms. The van der Waals surface area contributed by atoms with E-state index in [0.717, 1.165) is 0 Å². The summed E-state index contributed by atoms with van der Waals surface area (Å²) in [7, 11) is -2.86. The van der Waals surface area contributed by atoms with E-state index in [0.29, 0.717) is 6.16 Å². The highest BCUT2D eigenvalue weighted by Gasteiger charge is 2.08. The molecule has 0 amide bonds. The van der Waals surface area contributed by atoms with Crippen LogP contribution in [0.3, 0.4) is 0 Å².